The lowest BCUT2D eigenvalue weighted by Crippen LogP contribution is -2.18. The van der Waals surface area contributed by atoms with Gasteiger partial charge in [-0.3, -0.25) is 9.78 Å². The summed E-state index contributed by atoms with van der Waals surface area (Å²) in [6.45, 7) is 2.86. The first-order chi connectivity index (χ1) is 14.2. The maximum Gasteiger partial charge on any atom is 0.259 e. The van der Waals surface area contributed by atoms with Gasteiger partial charge in [-0.25, -0.2) is 0 Å². The molecule has 29 heavy (non-hydrogen) atoms. The first-order valence-corrected chi connectivity index (χ1v) is 10.7. The molecule has 150 valence electrons. The number of benzene rings is 1. The van der Waals surface area contributed by atoms with Crippen molar-refractivity contribution in [3.63, 3.8) is 0 Å². The molecule has 2 heterocycles. The van der Waals surface area contributed by atoms with Crippen molar-refractivity contribution >= 4 is 27.9 Å². The average Bonchev–Trinajstić information content (AvgIpc) is 3.11. The zero-order valence-electron chi connectivity index (χ0n) is 16.7. The average molecular weight is 408 g/mol. The molecule has 3 aromatic rings. The number of nitrogens with zero attached hydrogens (tertiary/aromatic N) is 1. The Balaban J connectivity index is 1.64. The first kappa shape index (κ1) is 19.5. The summed E-state index contributed by atoms with van der Waals surface area (Å²) in [7, 11) is 1.61. The van der Waals surface area contributed by atoms with E-state index in [2.05, 4.69) is 22.5 Å². The highest BCUT2D eigenvalue weighted by Gasteiger charge is 2.28. The summed E-state index contributed by atoms with van der Waals surface area (Å²) in [5.41, 5.74) is 3.57. The molecule has 0 bridgehead atoms. The molecule has 1 amide bonds. The van der Waals surface area contributed by atoms with Gasteiger partial charge in [0.2, 0.25) is 0 Å². The number of carbonyl (C=O) groups is 1. The minimum absolute atomic E-state index is 0.0925. The zero-order chi connectivity index (χ0) is 20.2. The molecular formula is C23H25N3O2S. The van der Waals surface area contributed by atoms with Gasteiger partial charge in [0.05, 0.1) is 30.6 Å². The highest BCUT2D eigenvalue weighted by molar-refractivity contribution is 7.16. The Morgan fingerprint density at radius 3 is 2.86 bits per heavy atom. The number of methoxy groups -OCH3 is 1. The van der Waals surface area contributed by atoms with Crippen LogP contribution in [0.1, 0.15) is 39.8 Å². The molecule has 0 radical (unpaired) electrons. The molecule has 0 aliphatic heterocycles. The van der Waals surface area contributed by atoms with Gasteiger partial charge in [0, 0.05) is 11.1 Å². The first-order valence-electron chi connectivity index (χ1n) is 9.88. The van der Waals surface area contributed by atoms with Gasteiger partial charge in [-0.15, -0.1) is 11.3 Å². The number of pyridine rings is 1. The molecule has 0 spiro atoms. The van der Waals surface area contributed by atoms with E-state index in [0.717, 1.165) is 35.5 Å². The van der Waals surface area contributed by atoms with Gasteiger partial charge >= 0.3 is 0 Å². The van der Waals surface area contributed by atoms with Crippen LogP contribution in [-0.2, 0) is 19.4 Å². The van der Waals surface area contributed by atoms with Crippen LogP contribution in [0.15, 0.2) is 48.7 Å². The summed E-state index contributed by atoms with van der Waals surface area (Å²) >= 11 is 1.70. The molecular weight excluding hydrogens is 382 g/mol. The molecule has 1 aliphatic rings. The van der Waals surface area contributed by atoms with Crippen LogP contribution in [0.25, 0.3) is 0 Å². The van der Waals surface area contributed by atoms with E-state index in [-0.39, 0.29) is 5.91 Å². The number of nitrogens with one attached hydrogen (secondary N) is 2. The smallest absolute Gasteiger partial charge is 0.259 e. The quantitative estimate of drug-likeness (QED) is 0.594. The molecule has 1 aromatic carbocycles. The summed E-state index contributed by atoms with van der Waals surface area (Å²) < 4.78 is 5.39. The van der Waals surface area contributed by atoms with Crippen molar-refractivity contribution in [2.75, 3.05) is 17.7 Å². The fourth-order valence-electron chi connectivity index (χ4n) is 3.72. The summed E-state index contributed by atoms with van der Waals surface area (Å²) in [6, 6.07) is 13.4. The van der Waals surface area contributed by atoms with Crippen LogP contribution in [0.2, 0.25) is 0 Å². The zero-order valence-corrected chi connectivity index (χ0v) is 17.5. The molecule has 0 fully saturated rings. The minimum atomic E-state index is -0.0925. The van der Waals surface area contributed by atoms with Crippen LogP contribution >= 0.6 is 11.3 Å². The fraction of sp³-hybridized carbons (Fsp3) is 0.304. The van der Waals surface area contributed by atoms with Crippen LogP contribution < -0.4 is 15.4 Å². The predicted molar refractivity (Wildman–Crippen MR) is 118 cm³/mol. The van der Waals surface area contributed by atoms with Crippen LogP contribution in [0.3, 0.4) is 0 Å². The van der Waals surface area contributed by atoms with Gasteiger partial charge in [-0.1, -0.05) is 25.1 Å². The molecule has 6 heteroatoms. The van der Waals surface area contributed by atoms with E-state index in [0.29, 0.717) is 23.9 Å². The van der Waals surface area contributed by atoms with E-state index in [9.17, 15) is 4.79 Å². The number of carbonyl (C=O) groups excluding carboxylic acids is 1. The van der Waals surface area contributed by atoms with E-state index in [4.69, 9.17) is 4.74 Å². The maximum atomic E-state index is 13.3. The highest BCUT2D eigenvalue weighted by atomic mass is 32.1. The second-order valence-corrected chi connectivity index (χ2v) is 8.49. The standard InChI is InChI=1S/C23H25N3O2S/c1-15-10-11-17-20(13-15)29-23(25-14-16-7-5-6-12-24-16)21(17)22(27)26-18-8-3-4-9-19(18)28-2/h3-9,12,15,25H,10-11,13-14H2,1-2H3,(H,26,27)/t15-/m0/s1. The number of amides is 1. The summed E-state index contributed by atoms with van der Waals surface area (Å²) in [6.07, 6.45) is 4.86. The number of rotatable bonds is 6. The lowest BCUT2D eigenvalue weighted by molar-refractivity contribution is 0.102. The number of para-hydroxylation sites is 2. The number of hydrogen-bond donors (Lipinski definition) is 2. The van der Waals surface area contributed by atoms with Gasteiger partial charge in [0.15, 0.2) is 0 Å². The van der Waals surface area contributed by atoms with E-state index in [1.54, 1.807) is 24.6 Å². The van der Waals surface area contributed by atoms with Crippen molar-refractivity contribution in [2.45, 2.75) is 32.7 Å². The van der Waals surface area contributed by atoms with Gasteiger partial charge in [-0.2, -0.15) is 0 Å². The van der Waals surface area contributed by atoms with Crippen molar-refractivity contribution in [3.05, 3.63) is 70.4 Å². The predicted octanol–water partition coefficient (Wildman–Crippen LogP) is 5.14. The monoisotopic (exact) mass is 407 g/mol. The number of hydrogen-bond acceptors (Lipinski definition) is 5. The highest BCUT2D eigenvalue weighted by Crippen LogP contribution is 2.40. The Hall–Kier alpha value is -2.86. The molecule has 0 unspecified atom stereocenters. The van der Waals surface area contributed by atoms with Crippen molar-refractivity contribution in [3.8, 4) is 5.75 Å². The Kier molecular flexibility index (Phi) is 5.81. The van der Waals surface area contributed by atoms with Crippen LogP contribution in [0.4, 0.5) is 10.7 Å². The van der Waals surface area contributed by atoms with Crippen LogP contribution in [-0.4, -0.2) is 18.0 Å². The molecule has 1 atom stereocenters. The number of anilines is 2. The van der Waals surface area contributed by atoms with Crippen LogP contribution in [0.5, 0.6) is 5.75 Å². The van der Waals surface area contributed by atoms with E-state index >= 15 is 0 Å². The van der Waals surface area contributed by atoms with E-state index in [1.165, 1.54) is 10.4 Å². The van der Waals surface area contributed by atoms with Gasteiger partial charge in [0.25, 0.3) is 5.91 Å². The van der Waals surface area contributed by atoms with Crippen molar-refractivity contribution in [2.24, 2.45) is 5.92 Å². The Morgan fingerprint density at radius 1 is 1.24 bits per heavy atom. The van der Waals surface area contributed by atoms with Crippen LogP contribution in [0, 0.1) is 5.92 Å². The lowest BCUT2D eigenvalue weighted by atomic mass is 9.88. The normalized spacial score (nSPS) is 15.4. The van der Waals surface area contributed by atoms with Gasteiger partial charge in [0.1, 0.15) is 10.8 Å². The largest absolute Gasteiger partial charge is 0.495 e. The maximum absolute atomic E-state index is 13.3. The second kappa shape index (κ2) is 8.66. The Bertz CT molecular complexity index is 1000. The minimum Gasteiger partial charge on any atom is -0.495 e. The van der Waals surface area contributed by atoms with Crippen molar-refractivity contribution in [1.29, 1.82) is 0 Å². The van der Waals surface area contributed by atoms with E-state index in [1.807, 2.05) is 42.5 Å². The van der Waals surface area contributed by atoms with E-state index < -0.39 is 0 Å². The van der Waals surface area contributed by atoms with Crippen molar-refractivity contribution < 1.29 is 9.53 Å². The second-order valence-electron chi connectivity index (χ2n) is 7.38. The fourth-order valence-corrected chi connectivity index (χ4v) is 5.13. The van der Waals surface area contributed by atoms with Gasteiger partial charge < -0.3 is 15.4 Å². The number of fused-ring (bicyclic) bond motifs is 1. The van der Waals surface area contributed by atoms with Crippen molar-refractivity contribution in [1.82, 2.24) is 4.98 Å². The molecule has 0 saturated heterocycles. The topological polar surface area (TPSA) is 63.2 Å². The molecule has 0 saturated carbocycles. The third-order valence-corrected chi connectivity index (χ3v) is 6.46. The SMILES string of the molecule is COc1ccccc1NC(=O)c1c(NCc2ccccn2)sc2c1CC[C@H](C)C2. The molecule has 2 N–H and O–H groups in total. The summed E-state index contributed by atoms with van der Waals surface area (Å²) in [5.74, 6) is 1.21. The molecule has 5 nitrogen and oxygen atoms in total. The molecule has 2 aromatic heterocycles. The third-order valence-electron chi connectivity index (χ3n) is 5.25. The molecule has 4 rings (SSSR count). The molecule has 1 aliphatic carbocycles. The Morgan fingerprint density at radius 2 is 2.07 bits per heavy atom. The lowest BCUT2D eigenvalue weighted by Gasteiger charge is -2.19. The summed E-state index contributed by atoms with van der Waals surface area (Å²) in [5, 5.41) is 7.43. The number of ether oxygens (including phenoxy) is 1. The van der Waals surface area contributed by atoms with Gasteiger partial charge in [-0.05, 0) is 55.0 Å². The number of thiophene rings is 1. The number of aromatic nitrogens is 1. The Labute approximate surface area is 175 Å². The third kappa shape index (κ3) is 4.27. The summed E-state index contributed by atoms with van der Waals surface area (Å²) in [4.78, 5) is 19.0.